The molecule has 0 aliphatic heterocycles. The lowest BCUT2D eigenvalue weighted by Crippen LogP contribution is -2.28. The Kier molecular flexibility index (Phi) is 3.90. The van der Waals surface area contributed by atoms with Crippen LogP contribution in [0, 0.1) is 5.92 Å². The number of nitrogens with zero attached hydrogens (tertiary/aromatic N) is 3. The Labute approximate surface area is 95.9 Å². The summed E-state index contributed by atoms with van der Waals surface area (Å²) in [5.41, 5.74) is 0. The van der Waals surface area contributed by atoms with E-state index in [9.17, 15) is 5.11 Å². The molecule has 0 spiro atoms. The fourth-order valence-electron chi connectivity index (χ4n) is 2.22. The van der Waals surface area contributed by atoms with Crippen LogP contribution in [0.4, 0.5) is 0 Å². The fraction of sp³-hybridized carbons (Fsp3) is 0.818. The van der Waals surface area contributed by atoms with E-state index in [0.717, 1.165) is 44.6 Å². The molecule has 1 aromatic rings. The number of hydrogen-bond acceptors (Lipinski definition) is 4. The molecule has 0 atom stereocenters. The third kappa shape index (κ3) is 3.02. The highest BCUT2D eigenvalue weighted by Gasteiger charge is 2.18. The molecular formula is C11H20N4O. The summed E-state index contributed by atoms with van der Waals surface area (Å²) in [6, 6.07) is 0. The zero-order valence-corrected chi connectivity index (χ0v) is 9.76. The molecule has 1 heterocycles. The molecule has 0 bridgehead atoms. The van der Waals surface area contributed by atoms with Crippen LogP contribution in [0.25, 0.3) is 0 Å². The van der Waals surface area contributed by atoms with Crippen LogP contribution in [-0.2, 0) is 13.6 Å². The molecule has 5 heteroatoms. The van der Waals surface area contributed by atoms with Crippen molar-refractivity contribution >= 4 is 0 Å². The van der Waals surface area contributed by atoms with Gasteiger partial charge < -0.3 is 10.4 Å². The lowest BCUT2D eigenvalue weighted by atomic mass is 9.87. The van der Waals surface area contributed by atoms with E-state index in [0.29, 0.717) is 5.92 Å². The topological polar surface area (TPSA) is 63.0 Å². The van der Waals surface area contributed by atoms with E-state index < -0.39 is 0 Å². The van der Waals surface area contributed by atoms with E-state index in [1.54, 1.807) is 11.0 Å². The highest BCUT2D eigenvalue weighted by Crippen LogP contribution is 2.23. The van der Waals surface area contributed by atoms with Crippen molar-refractivity contribution in [1.29, 1.82) is 0 Å². The van der Waals surface area contributed by atoms with Gasteiger partial charge in [0.25, 0.3) is 0 Å². The largest absolute Gasteiger partial charge is 0.393 e. The maximum atomic E-state index is 9.40. The molecule has 0 unspecified atom stereocenters. The maximum Gasteiger partial charge on any atom is 0.140 e. The molecule has 5 nitrogen and oxygen atoms in total. The second-order valence-corrected chi connectivity index (χ2v) is 4.61. The monoisotopic (exact) mass is 224 g/mol. The van der Waals surface area contributed by atoms with Crippen LogP contribution < -0.4 is 5.32 Å². The van der Waals surface area contributed by atoms with Gasteiger partial charge in [-0.1, -0.05) is 0 Å². The first-order valence-corrected chi connectivity index (χ1v) is 5.97. The standard InChI is InChI=1S/C11H20N4O/c1-15-11(13-8-14-15)7-12-6-9-2-4-10(16)5-3-9/h8-10,12,16H,2-7H2,1H3. The number of aliphatic hydroxyl groups is 1. The Bertz CT molecular complexity index is 318. The van der Waals surface area contributed by atoms with E-state index in [1.165, 1.54) is 0 Å². The zero-order chi connectivity index (χ0) is 11.4. The van der Waals surface area contributed by atoms with Gasteiger partial charge in [-0.15, -0.1) is 0 Å². The number of aromatic nitrogens is 3. The predicted octanol–water partition coefficient (Wildman–Crippen LogP) is 0.456. The van der Waals surface area contributed by atoms with Crippen LogP contribution in [0.2, 0.25) is 0 Å². The van der Waals surface area contributed by atoms with Gasteiger partial charge >= 0.3 is 0 Å². The highest BCUT2D eigenvalue weighted by atomic mass is 16.3. The summed E-state index contributed by atoms with van der Waals surface area (Å²) in [5, 5.41) is 16.8. The molecule has 0 saturated heterocycles. The van der Waals surface area contributed by atoms with Crippen molar-refractivity contribution in [3.8, 4) is 0 Å². The predicted molar refractivity (Wildman–Crippen MR) is 60.7 cm³/mol. The van der Waals surface area contributed by atoms with E-state index in [-0.39, 0.29) is 6.10 Å². The average Bonchev–Trinajstić information content (AvgIpc) is 2.68. The van der Waals surface area contributed by atoms with Crippen molar-refractivity contribution in [1.82, 2.24) is 20.1 Å². The molecule has 90 valence electrons. The van der Waals surface area contributed by atoms with Crippen LogP contribution in [0.3, 0.4) is 0 Å². The minimum atomic E-state index is -0.0602. The van der Waals surface area contributed by atoms with E-state index in [1.807, 2.05) is 7.05 Å². The van der Waals surface area contributed by atoms with Gasteiger partial charge in [-0.2, -0.15) is 5.10 Å². The summed E-state index contributed by atoms with van der Waals surface area (Å²) in [7, 11) is 1.90. The van der Waals surface area contributed by atoms with Gasteiger partial charge in [-0.05, 0) is 38.1 Å². The van der Waals surface area contributed by atoms with Crippen LogP contribution in [0.15, 0.2) is 6.33 Å². The number of nitrogens with one attached hydrogen (secondary N) is 1. The van der Waals surface area contributed by atoms with Gasteiger partial charge in [0.05, 0.1) is 12.6 Å². The van der Waals surface area contributed by atoms with E-state index >= 15 is 0 Å². The van der Waals surface area contributed by atoms with Crippen molar-refractivity contribution in [3.63, 3.8) is 0 Å². The molecule has 1 aliphatic carbocycles. The molecule has 2 N–H and O–H groups in total. The molecular weight excluding hydrogens is 204 g/mol. The minimum absolute atomic E-state index is 0.0602. The molecule has 16 heavy (non-hydrogen) atoms. The molecule has 1 aliphatic rings. The quantitative estimate of drug-likeness (QED) is 0.779. The van der Waals surface area contributed by atoms with Gasteiger partial charge in [0.15, 0.2) is 0 Å². The lowest BCUT2D eigenvalue weighted by Gasteiger charge is -2.25. The fourth-order valence-corrected chi connectivity index (χ4v) is 2.22. The summed E-state index contributed by atoms with van der Waals surface area (Å²) < 4.78 is 1.79. The zero-order valence-electron chi connectivity index (χ0n) is 9.76. The first kappa shape index (κ1) is 11.5. The molecule has 0 amide bonds. The van der Waals surface area contributed by atoms with Crippen molar-refractivity contribution in [2.24, 2.45) is 13.0 Å². The normalized spacial score (nSPS) is 25.9. The molecule has 1 saturated carbocycles. The number of hydrogen-bond donors (Lipinski definition) is 2. The second kappa shape index (κ2) is 5.41. The summed E-state index contributed by atoms with van der Waals surface area (Å²) >= 11 is 0. The van der Waals surface area contributed by atoms with Crippen molar-refractivity contribution < 1.29 is 5.11 Å². The summed E-state index contributed by atoms with van der Waals surface area (Å²) in [6.07, 6.45) is 5.69. The van der Waals surface area contributed by atoms with Gasteiger partial charge in [0.2, 0.25) is 0 Å². The minimum Gasteiger partial charge on any atom is -0.393 e. The molecule has 0 radical (unpaired) electrons. The Morgan fingerprint density at radius 2 is 2.19 bits per heavy atom. The van der Waals surface area contributed by atoms with Gasteiger partial charge in [-0.3, -0.25) is 4.68 Å². The van der Waals surface area contributed by atoms with Crippen LogP contribution in [0.5, 0.6) is 0 Å². The van der Waals surface area contributed by atoms with Crippen molar-refractivity contribution in [2.75, 3.05) is 6.54 Å². The van der Waals surface area contributed by atoms with E-state index in [4.69, 9.17) is 0 Å². The first-order chi connectivity index (χ1) is 7.75. The summed E-state index contributed by atoms with van der Waals surface area (Å²) in [4.78, 5) is 4.16. The number of aryl methyl sites for hydroxylation is 1. The average molecular weight is 224 g/mol. The van der Waals surface area contributed by atoms with E-state index in [2.05, 4.69) is 15.4 Å². The Balaban J connectivity index is 1.67. The third-order valence-electron chi connectivity index (χ3n) is 3.34. The SMILES string of the molecule is Cn1ncnc1CNCC1CCC(O)CC1. The Hall–Kier alpha value is -0.940. The summed E-state index contributed by atoms with van der Waals surface area (Å²) in [5.74, 6) is 1.67. The number of rotatable bonds is 4. The number of aliphatic hydroxyl groups excluding tert-OH is 1. The van der Waals surface area contributed by atoms with Gasteiger partial charge in [-0.25, -0.2) is 4.98 Å². The molecule has 2 rings (SSSR count). The molecule has 1 fully saturated rings. The summed E-state index contributed by atoms with van der Waals surface area (Å²) in [6.45, 7) is 1.79. The van der Waals surface area contributed by atoms with Crippen molar-refractivity contribution in [3.05, 3.63) is 12.2 Å². The third-order valence-corrected chi connectivity index (χ3v) is 3.34. The highest BCUT2D eigenvalue weighted by molar-refractivity contribution is 4.83. The van der Waals surface area contributed by atoms with Gasteiger partial charge in [0.1, 0.15) is 12.2 Å². The first-order valence-electron chi connectivity index (χ1n) is 5.97. The second-order valence-electron chi connectivity index (χ2n) is 4.61. The van der Waals surface area contributed by atoms with Crippen LogP contribution in [0.1, 0.15) is 31.5 Å². The maximum absolute atomic E-state index is 9.40. The van der Waals surface area contributed by atoms with Crippen LogP contribution >= 0.6 is 0 Å². The van der Waals surface area contributed by atoms with Crippen molar-refractivity contribution in [2.45, 2.75) is 38.3 Å². The lowest BCUT2D eigenvalue weighted by molar-refractivity contribution is 0.108. The Morgan fingerprint density at radius 3 is 2.81 bits per heavy atom. The molecule has 0 aromatic carbocycles. The smallest absolute Gasteiger partial charge is 0.140 e. The van der Waals surface area contributed by atoms with Gasteiger partial charge in [0, 0.05) is 7.05 Å². The van der Waals surface area contributed by atoms with Crippen LogP contribution in [-0.4, -0.2) is 32.5 Å². The Morgan fingerprint density at radius 1 is 1.44 bits per heavy atom. The molecule has 1 aromatic heterocycles.